The molecule has 1 N–H and O–H groups in total. The van der Waals surface area contributed by atoms with E-state index < -0.39 is 16.6 Å². The molecule has 0 heterocycles. The van der Waals surface area contributed by atoms with Gasteiger partial charge in [0.1, 0.15) is 0 Å². The van der Waals surface area contributed by atoms with E-state index >= 15 is 0 Å². The summed E-state index contributed by atoms with van der Waals surface area (Å²) in [6.07, 6.45) is 2.51. The van der Waals surface area contributed by atoms with Crippen molar-refractivity contribution in [1.29, 1.82) is 0 Å². The van der Waals surface area contributed by atoms with Crippen molar-refractivity contribution in [1.82, 2.24) is 0 Å². The minimum Gasteiger partial charge on any atom is -0.323 e. The van der Waals surface area contributed by atoms with Crippen molar-refractivity contribution in [3.63, 3.8) is 0 Å². The average Bonchev–Trinajstić information content (AvgIpc) is 2.54. The fraction of sp³-hybridized carbons (Fsp3) is 0.0625. The maximum absolute atomic E-state index is 12.2. The van der Waals surface area contributed by atoms with E-state index in [-0.39, 0.29) is 5.69 Å². The number of rotatable bonds is 6. The van der Waals surface area contributed by atoms with Gasteiger partial charge in [-0.1, -0.05) is 23.9 Å². The number of nitrogens with one attached hydrogen (secondary N) is 1. The zero-order chi connectivity index (χ0) is 17.5. The van der Waals surface area contributed by atoms with E-state index in [1.807, 2.05) is 0 Å². The van der Waals surface area contributed by atoms with Gasteiger partial charge in [0.15, 0.2) is 0 Å². The summed E-state index contributed by atoms with van der Waals surface area (Å²) >= 11 is 0.414. The fourth-order valence-electron chi connectivity index (χ4n) is 1.86. The Morgan fingerprint density at radius 3 is 2.46 bits per heavy atom. The highest BCUT2D eigenvalue weighted by molar-refractivity contribution is 7.99. The first kappa shape index (κ1) is 17.6. The van der Waals surface area contributed by atoms with Crippen molar-refractivity contribution in [3.05, 3.63) is 70.3 Å². The SMILES string of the molecule is O=C(/C=C\c1ccccc1[N+](=O)[O-])Nc1ccc(SC(F)F)cc1. The first-order valence-corrected chi connectivity index (χ1v) is 7.61. The van der Waals surface area contributed by atoms with Gasteiger partial charge in [0, 0.05) is 22.7 Å². The molecule has 1 amide bonds. The van der Waals surface area contributed by atoms with Crippen LogP contribution in [-0.2, 0) is 4.79 Å². The van der Waals surface area contributed by atoms with Crippen molar-refractivity contribution in [2.45, 2.75) is 10.7 Å². The van der Waals surface area contributed by atoms with E-state index in [2.05, 4.69) is 5.32 Å². The van der Waals surface area contributed by atoms with Crippen LogP contribution in [0.5, 0.6) is 0 Å². The van der Waals surface area contributed by atoms with Crippen LogP contribution in [0.2, 0.25) is 0 Å². The molecule has 5 nitrogen and oxygen atoms in total. The number of amides is 1. The van der Waals surface area contributed by atoms with Crippen LogP contribution in [0, 0.1) is 10.1 Å². The van der Waals surface area contributed by atoms with Gasteiger partial charge < -0.3 is 5.32 Å². The van der Waals surface area contributed by atoms with Gasteiger partial charge >= 0.3 is 0 Å². The molecule has 0 saturated heterocycles. The van der Waals surface area contributed by atoms with Crippen LogP contribution in [0.3, 0.4) is 0 Å². The quantitative estimate of drug-likeness (QED) is 0.359. The van der Waals surface area contributed by atoms with E-state index in [1.165, 1.54) is 54.6 Å². The Balaban J connectivity index is 2.02. The molecule has 0 radical (unpaired) electrons. The molecule has 2 rings (SSSR count). The van der Waals surface area contributed by atoms with Crippen molar-refractivity contribution in [3.8, 4) is 0 Å². The third kappa shape index (κ3) is 5.17. The summed E-state index contributed by atoms with van der Waals surface area (Å²) in [5, 5.41) is 13.4. The first-order chi connectivity index (χ1) is 11.5. The Morgan fingerprint density at radius 1 is 1.17 bits per heavy atom. The summed E-state index contributed by atoms with van der Waals surface area (Å²) in [5.41, 5.74) is 0.641. The molecular formula is C16H12F2N2O3S. The van der Waals surface area contributed by atoms with Gasteiger partial charge in [0.2, 0.25) is 5.91 Å². The summed E-state index contributed by atoms with van der Waals surface area (Å²) in [4.78, 5) is 22.6. The summed E-state index contributed by atoms with van der Waals surface area (Å²) in [6.45, 7) is 0. The number of para-hydroxylation sites is 1. The Morgan fingerprint density at radius 2 is 1.83 bits per heavy atom. The first-order valence-electron chi connectivity index (χ1n) is 6.73. The summed E-state index contributed by atoms with van der Waals surface area (Å²) in [7, 11) is 0. The van der Waals surface area contributed by atoms with E-state index in [0.717, 1.165) is 0 Å². The average molecular weight is 350 g/mol. The summed E-state index contributed by atoms with van der Waals surface area (Å²) < 4.78 is 24.4. The van der Waals surface area contributed by atoms with Gasteiger partial charge in [-0.05, 0) is 36.4 Å². The maximum atomic E-state index is 12.2. The maximum Gasteiger partial charge on any atom is 0.288 e. The third-order valence-electron chi connectivity index (χ3n) is 2.89. The normalized spacial score (nSPS) is 11.0. The number of carbonyl (C=O) groups is 1. The van der Waals surface area contributed by atoms with E-state index in [9.17, 15) is 23.7 Å². The molecule has 124 valence electrons. The number of nitro benzene ring substituents is 1. The van der Waals surface area contributed by atoms with Gasteiger partial charge in [-0.3, -0.25) is 14.9 Å². The molecule has 8 heteroatoms. The Kier molecular flexibility index (Phi) is 6.02. The number of carbonyl (C=O) groups excluding carboxylic acids is 1. The largest absolute Gasteiger partial charge is 0.323 e. The highest BCUT2D eigenvalue weighted by Gasteiger charge is 2.10. The van der Waals surface area contributed by atoms with Gasteiger partial charge in [-0.2, -0.15) is 8.78 Å². The standard InChI is InChI=1S/C16H12F2N2O3S/c17-16(18)24-13-8-6-12(7-9-13)19-15(21)10-5-11-3-1-2-4-14(11)20(22)23/h1-10,16H,(H,19,21)/b10-5-. The van der Waals surface area contributed by atoms with Crippen LogP contribution >= 0.6 is 11.8 Å². The number of hydrogen-bond acceptors (Lipinski definition) is 4. The van der Waals surface area contributed by atoms with Crippen molar-refractivity contribution in [2.75, 3.05) is 5.32 Å². The van der Waals surface area contributed by atoms with Gasteiger partial charge in [-0.15, -0.1) is 0 Å². The van der Waals surface area contributed by atoms with Crippen molar-refractivity contribution >= 4 is 35.1 Å². The van der Waals surface area contributed by atoms with E-state index in [1.54, 1.807) is 6.07 Å². The van der Waals surface area contributed by atoms with Crippen LogP contribution in [0.25, 0.3) is 6.08 Å². The third-order valence-corrected chi connectivity index (χ3v) is 3.62. The Hall–Kier alpha value is -2.74. The number of nitrogens with zero attached hydrogens (tertiary/aromatic N) is 1. The highest BCUT2D eigenvalue weighted by atomic mass is 32.2. The number of hydrogen-bond donors (Lipinski definition) is 1. The van der Waals surface area contributed by atoms with Crippen LogP contribution in [0.15, 0.2) is 59.5 Å². The van der Waals surface area contributed by atoms with Gasteiger partial charge in [0.25, 0.3) is 11.4 Å². The molecule has 24 heavy (non-hydrogen) atoms. The lowest BCUT2D eigenvalue weighted by Gasteiger charge is -2.04. The molecule has 0 aliphatic heterocycles. The lowest BCUT2D eigenvalue weighted by atomic mass is 10.1. The molecule has 0 aliphatic rings. The molecule has 0 atom stereocenters. The summed E-state index contributed by atoms with van der Waals surface area (Å²) in [6, 6.07) is 12.0. The second-order valence-electron chi connectivity index (χ2n) is 4.54. The molecule has 0 aliphatic carbocycles. The molecule has 0 saturated carbocycles. The molecule has 0 spiro atoms. The molecular weight excluding hydrogens is 338 g/mol. The van der Waals surface area contributed by atoms with Crippen molar-refractivity contribution in [2.24, 2.45) is 0 Å². The van der Waals surface area contributed by atoms with E-state index in [4.69, 9.17) is 0 Å². The van der Waals surface area contributed by atoms with Crippen LogP contribution in [0.1, 0.15) is 5.56 Å². The van der Waals surface area contributed by atoms with E-state index in [0.29, 0.717) is 27.9 Å². The predicted molar refractivity (Wildman–Crippen MR) is 89.1 cm³/mol. The van der Waals surface area contributed by atoms with Crippen molar-refractivity contribution < 1.29 is 18.5 Å². The van der Waals surface area contributed by atoms with Gasteiger partial charge in [-0.25, -0.2) is 0 Å². The number of nitro groups is 1. The topological polar surface area (TPSA) is 72.2 Å². The molecule has 0 bridgehead atoms. The zero-order valence-electron chi connectivity index (χ0n) is 12.2. The van der Waals surface area contributed by atoms with Crippen LogP contribution < -0.4 is 5.32 Å². The predicted octanol–water partition coefficient (Wildman–Crippen LogP) is 4.56. The summed E-state index contributed by atoms with van der Waals surface area (Å²) in [5.74, 6) is -2.99. The zero-order valence-corrected chi connectivity index (χ0v) is 13.0. The molecule has 2 aromatic rings. The monoisotopic (exact) mass is 350 g/mol. The minimum absolute atomic E-state index is 0.102. The molecule has 2 aromatic carbocycles. The van der Waals surface area contributed by atoms with Gasteiger partial charge in [0.05, 0.1) is 10.5 Å². The number of anilines is 1. The second-order valence-corrected chi connectivity index (χ2v) is 5.60. The molecule has 0 unspecified atom stereocenters. The fourth-order valence-corrected chi connectivity index (χ4v) is 2.36. The number of halogens is 2. The van der Waals surface area contributed by atoms with Crippen LogP contribution in [0.4, 0.5) is 20.2 Å². The Bertz CT molecular complexity index is 764. The van der Waals surface area contributed by atoms with Crippen LogP contribution in [-0.4, -0.2) is 16.6 Å². The number of alkyl halides is 2. The second kappa shape index (κ2) is 8.21. The minimum atomic E-state index is -2.50. The number of thioether (sulfide) groups is 1. The smallest absolute Gasteiger partial charge is 0.288 e. The lowest BCUT2D eigenvalue weighted by Crippen LogP contribution is -2.07. The highest BCUT2D eigenvalue weighted by Crippen LogP contribution is 2.26. The number of benzene rings is 2. The molecule has 0 fully saturated rings. The lowest BCUT2D eigenvalue weighted by molar-refractivity contribution is -0.385. The molecule has 0 aromatic heterocycles. The Labute approximate surface area is 140 Å².